The lowest BCUT2D eigenvalue weighted by molar-refractivity contribution is -0.329. The van der Waals surface area contributed by atoms with Crippen molar-refractivity contribution in [3.05, 3.63) is 0 Å². The lowest BCUT2D eigenvalue weighted by Gasteiger charge is -2.67. The molecule has 0 bridgehead atoms. The van der Waals surface area contributed by atoms with Crippen LogP contribution in [0.25, 0.3) is 0 Å². The van der Waals surface area contributed by atoms with Crippen molar-refractivity contribution >= 4 is 10.4 Å². The van der Waals surface area contributed by atoms with Gasteiger partial charge in [0, 0.05) is 20.1 Å². The fourth-order valence-electron chi connectivity index (χ4n) is 13.1. The third-order valence-corrected chi connectivity index (χ3v) is 16.6. The highest BCUT2D eigenvalue weighted by Crippen LogP contribution is 2.70. The Morgan fingerprint density at radius 3 is 2.05 bits per heavy atom. The molecule has 344 valence electrons. The van der Waals surface area contributed by atoms with Gasteiger partial charge >= 0.3 is 10.4 Å². The third kappa shape index (κ3) is 8.55. The molecule has 0 aromatic carbocycles. The Kier molecular flexibility index (Phi) is 14.4. The molecular weight excluding hydrogens is 797 g/mol. The first-order valence-electron chi connectivity index (χ1n) is 21.6. The standard InChI is InChI=1S/C41H72O17S/c1-18(2)26(55-38-34(30(46)32(56-38)21(5)58-59(49,50)51)57-37-33(53-9)29(45)31(52-8)20(4)54-37)11-10-19(3)23-17-25(43)35-40(23,7)15-13-27-39(6)14-12-22(42)16-24(39)28(44)36(47)41(27,35)48/h18-38,42-48H,10-17H2,1-9H3,(H,49,50,51)/t19-,20-,21-,22+,23-,24-,25-,26+,27-,28-,29+,30+,31-,32+,33-,34-,35-,36-,37+,38-,39+,40-,41+/m1/s1. The van der Waals surface area contributed by atoms with Crippen molar-refractivity contribution < 1.29 is 81.3 Å². The Labute approximate surface area is 348 Å². The first-order chi connectivity index (χ1) is 27.4. The SMILES string of the molecule is CO[C@H]1[C@H](O[C@H]2[C@H](O[C@@H](CC[C@@H](C)[C@H]3C[C@@H](O)[C@@H]4[C@]3(C)CC[C@@H]3[C@@]5(C)CC[C@H](O)C[C@@H]5[C@@H](O)[C@@H](O)[C@]34O)C(C)C)O[C@@H]([C@@H](C)OS(=O)(=O)O)[C@@H]2O)O[C@H](C)[C@@H](OC)[C@@H]1O. The maximum absolute atomic E-state index is 12.7. The van der Waals surface area contributed by atoms with E-state index in [0.29, 0.717) is 44.9 Å². The predicted octanol–water partition coefficient (Wildman–Crippen LogP) is 1.31. The number of aliphatic hydroxyl groups excluding tert-OH is 6. The number of hydrogen-bond donors (Lipinski definition) is 8. The zero-order valence-corrected chi connectivity index (χ0v) is 36.8. The van der Waals surface area contributed by atoms with Crippen LogP contribution in [0, 0.1) is 46.3 Å². The minimum atomic E-state index is -4.92. The van der Waals surface area contributed by atoms with Gasteiger partial charge in [0.25, 0.3) is 0 Å². The second-order valence-corrected chi connectivity index (χ2v) is 20.8. The average Bonchev–Trinajstić information content (AvgIpc) is 3.61. The summed E-state index contributed by atoms with van der Waals surface area (Å²) < 4.78 is 73.4. The van der Waals surface area contributed by atoms with Crippen LogP contribution in [-0.2, 0) is 43.0 Å². The predicted molar refractivity (Wildman–Crippen MR) is 209 cm³/mol. The molecule has 2 saturated heterocycles. The minimum absolute atomic E-state index is 0.0105. The number of rotatable bonds is 14. The van der Waals surface area contributed by atoms with Gasteiger partial charge in [0.15, 0.2) is 12.6 Å². The van der Waals surface area contributed by atoms with Crippen LogP contribution in [0.15, 0.2) is 0 Å². The van der Waals surface area contributed by atoms with E-state index in [0.717, 1.165) is 6.42 Å². The van der Waals surface area contributed by atoms with E-state index in [1.54, 1.807) is 6.92 Å². The van der Waals surface area contributed by atoms with Crippen molar-refractivity contribution in [2.24, 2.45) is 46.3 Å². The molecule has 23 atom stereocenters. The molecule has 0 aromatic heterocycles. The number of ether oxygens (including phenoxy) is 6. The topological polar surface area (TPSA) is 261 Å². The van der Waals surface area contributed by atoms with E-state index in [1.165, 1.54) is 21.1 Å². The summed E-state index contributed by atoms with van der Waals surface area (Å²) in [5, 5.41) is 80.9. The van der Waals surface area contributed by atoms with E-state index in [9.17, 15) is 48.7 Å². The van der Waals surface area contributed by atoms with Gasteiger partial charge in [-0.15, -0.1) is 0 Å². The normalized spacial score (nSPS) is 50.5. The molecule has 8 N–H and O–H groups in total. The molecule has 0 radical (unpaired) electrons. The van der Waals surface area contributed by atoms with Crippen molar-refractivity contribution in [3.63, 3.8) is 0 Å². The molecule has 18 heteroatoms. The van der Waals surface area contributed by atoms with Crippen molar-refractivity contribution in [1.29, 1.82) is 0 Å². The highest BCUT2D eigenvalue weighted by molar-refractivity contribution is 7.80. The Bertz CT molecular complexity index is 1540. The molecule has 6 aliphatic rings. The summed E-state index contributed by atoms with van der Waals surface area (Å²) in [5.74, 6) is -1.53. The highest BCUT2D eigenvalue weighted by atomic mass is 32.3. The molecule has 6 rings (SSSR count). The molecule has 17 nitrogen and oxygen atoms in total. The molecule has 0 aromatic rings. The van der Waals surface area contributed by atoms with E-state index >= 15 is 0 Å². The largest absolute Gasteiger partial charge is 0.397 e. The lowest BCUT2D eigenvalue weighted by Crippen LogP contribution is -2.75. The van der Waals surface area contributed by atoms with E-state index in [-0.39, 0.29) is 29.6 Å². The van der Waals surface area contributed by atoms with E-state index in [1.807, 2.05) is 13.8 Å². The Morgan fingerprint density at radius 1 is 0.797 bits per heavy atom. The summed E-state index contributed by atoms with van der Waals surface area (Å²) >= 11 is 0. The number of fused-ring (bicyclic) bond motifs is 5. The van der Waals surface area contributed by atoms with Crippen molar-refractivity contribution in [1.82, 2.24) is 0 Å². The lowest BCUT2D eigenvalue weighted by atomic mass is 9.41. The quantitative estimate of drug-likeness (QED) is 0.115. The molecule has 6 fully saturated rings. The van der Waals surface area contributed by atoms with Crippen LogP contribution in [-0.4, -0.2) is 160 Å². The van der Waals surface area contributed by atoms with Crippen molar-refractivity contribution in [2.75, 3.05) is 14.2 Å². The second-order valence-electron chi connectivity index (χ2n) is 19.7. The van der Waals surface area contributed by atoms with Gasteiger partial charge in [-0.2, -0.15) is 8.42 Å². The summed E-state index contributed by atoms with van der Waals surface area (Å²) in [6.45, 7) is 13.2. The summed E-state index contributed by atoms with van der Waals surface area (Å²) in [6.07, 6.45) is -11.9. The van der Waals surface area contributed by atoms with Gasteiger partial charge in [-0.1, -0.05) is 34.6 Å². The van der Waals surface area contributed by atoms with Gasteiger partial charge in [-0.05, 0) is 106 Å². The zero-order valence-electron chi connectivity index (χ0n) is 35.9. The number of hydrogen-bond acceptors (Lipinski definition) is 16. The summed E-state index contributed by atoms with van der Waals surface area (Å²) in [4.78, 5) is 0. The molecular formula is C41H72O17S. The van der Waals surface area contributed by atoms with Gasteiger partial charge in [0.05, 0.1) is 30.5 Å². The van der Waals surface area contributed by atoms with Crippen molar-refractivity contribution in [3.8, 4) is 0 Å². The van der Waals surface area contributed by atoms with E-state index in [2.05, 4.69) is 20.8 Å². The van der Waals surface area contributed by atoms with Gasteiger partial charge in [0.1, 0.15) is 54.4 Å². The van der Waals surface area contributed by atoms with Gasteiger partial charge < -0.3 is 64.2 Å². The van der Waals surface area contributed by atoms with Crippen LogP contribution in [0.2, 0.25) is 0 Å². The highest BCUT2D eigenvalue weighted by Gasteiger charge is 2.74. The van der Waals surface area contributed by atoms with Gasteiger partial charge in [-0.3, -0.25) is 4.55 Å². The Hall–Kier alpha value is -0.650. The summed E-state index contributed by atoms with van der Waals surface area (Å²) in [5.41, 5.74) is -2.79. The monoisotopic (exact) mass is 868 g/mol. The molecule has 4 aliphatic carbocycles. The van der Waals surface area contributed by atoms with Crippen LogP contribution in [0.5, 0.6) is 0 Å². The zero-order chi connectivity index (χ0) is 43.7. The second kappa shape index (κ2) is 17.7. The maximum atomic E-state index is 12.7. The first-order valence-corrected chi connectivity index (χ1v) is 22.9. The van der Waals surface area contributed by atoms with Gasteiger partial charge in [0.2, 0.25) is 0 Å². The Balaban J connectivity index is 1.19. The van der Waals surface area contributed by atoms with E-state index in [4.69, 9.17) is 32.6 Å². The first kappa shape index (κ1) is 47.8. The molecule has 0 spiro atoms. The fraction of sp³-hybridized carbons (Fsp3) is 1.00. The summed E-state index contributed by atoms with van der Waals surface area (Å²) in [6, 6.07) is 0. The number of methoxy groups -OCH3 is 2. The van der Waals surface area contributed by atoms with E-state index < -0.39 is 125 Å². The van der Waals surface area contributed by atoms with Crippen LogP contribution in [0.4, 0.5) is 0 Å². The van der Waals surface area contributed by atoms with Gasteiger partial charge in [-0.25, -0.2) is 4.18 Å². The Morgan fingerprint density at radius 2 is 1.44 bits per heavy atom. The maximum Gasteiger partial charge on any atom is 0.397 e. The molecule has 0 unspecified atom stereocenters. The summed E-state index contributed by atoms with van der Waals surface area (Å²) in [7, 11) is -2.13. The van der Waals surface area contributed by atoms with Crippen LogP contribution >= 0.6 is 0 Å². The number of aliphatic hydroxyl groups is 7. The van der Waals surface area contributed by atoms with Crippen LogP contribution in [0.3, 0.4) is 0 Å². The van der Waals surface area contributed by atoms with Crippen molar-refractivity contribution in [2.45, 2.75) is 197 Å². The molecule has 59 heavy (non-hydrogen) atoms. The van der Waals surface area contributed by atoms with Crippen LogP contribution < -0.4 is 0 Å². The van der Waals surface area contributed by atoms with Crippen LogP contribution in [0.1, 0.15) is 99.8 Å². The average molecular weight is 869 g/mol. The molecule has 2 aliphatic heterocycles. The molecule has 4 saturated carbocycles. The fourth-order valence-corrected chi connectivity index (χ4v) is 13.6. The smallest absolute Gasteiger partial charge is 0.393 e. The third-order valence-electron chi connectivity index (χ3n) is 16.1. The molecule has 2 heterocycles. The molecule has 0 amide bonds. The minimum Gasteiger partial charge on any atom is -0.393 e.